The van der Waals surface area contributed by atoms with Crippen molar-refractivity contribution >= 4 is 33.9 Å². The topological polar surface area (TPSA) is 98.5 Å². The number of carbonyl (C=O) groups excluding carboxylic acids is 2. The SMILES string of the molecule is O=C(COC(=O)c1ccc([N+](=O)[O-])s1)Nc1ccc(C(F)(F)F)cc1. The van der Waals surface area contributed by atoms with Crippen LogP contribution in [-0.2, 0) is 15.7 Å². The molecule has 0 aliphatic carbocycles. The maximum absolute atomic E-state index is 12.4. The number of nitro groups is 1. The van der Waals surface area contributed by atoms with Crippen molar-refractivity contribution in [1.29, 1.82) is 0 Å². The number of rotatable bonds is 5. The average molecular weight is 374 g/mol. The molecule has 0 bridgehead atoms. The second kappa shape index (κ2) is 7.30. The van der Waals surface area contributed by atoms with Crippen LogP contribution in [0.25, 0.3) is 0 Å². The van der Waals surface area contributed by atoms with Crippen LogP contribution < -0.4 is 5.32 Å². The number of alkyl halides is 3. The number of hydrogen-bond acceptors (Lipinski definition) is 6. The van der Waals surface area contributed by atoms with E-state index in [2.05, 4.69) is 10.1 Å². The van der Waals surface area contributed by atoms with Gasteiger partial charge in [0.1, 0.15) is 4.88 Å². The van der Waals surface area contributed by atoms with Gasteiger partial charge in [0, 0.05) is 11.8 Å². The average Bonchev–Trinajstić information content (AvgIpc) is 3.02. The van der Waals surface area contributed by atoms with Crippen molar-refractivity contribution in [3.05, 3.63) is 57.0 Å². The molecule has 132 valence electrons. The Hall–Kier alpha value is -2.95. The van der Waals surface area contributed by atoms with Crippen molar-refractivity contribution < 1.29 is 32.4 Å². The Morgan fingerprint density at radius 1 is 1.16 bits per heavy atom. The van der Waals surface area contributed by atoms with Gasteiger partial charge in [-0.1, -0.05) is 11.3 Å². The van der Waals surface area contributed by atoms with Gasteiger partial charge in [-0.25, -0.2) is 4.79 Å². The van der Waals surface area contributed by atoms with Crippen LogP contribution in [0.15, 0.2) is 36.4 Å². The highest BCUT2D eigenvalue weighted by Crippen LogP contribution is 2.29. The summed E-state index contributed by atoms with van der Waals surface area (Å²) in [4.78, 5) is 33.1. The van der Waals surface area contributed by atoms with E-state index in [-0.39, 0.29) is 15.6 Å². The van der Waals surface area contributed by atoms with Gasteiger partial charge in [0.15, 0.2) is 6.61 Å². The lowest BCUT2D eigenvalue weighted by Gasteiger charge is -2.09. The fourth-order valence-corrected chi connectivity index (χ4v) is 2.39. The smallest absolute Gasteiger partial charge is 0.416 e. The molecule has 0 atom stereocenters. The maximum atomic E-state index is 12.4. The molecule has 1 amide bonds. The van der Waals surface area contributed by atoms with E-state index in [0.717, 1.165) is 30.3 Å². The van der Waals surface area contributed by atoms with E-state index in [9.17, 15) is 32.9 Å². The van der Waals surface area contributed by atoms with Gasteiger partial charge >= 0.3 is 17.1 Å². The van der Waals surface area contributed by atoms with Crippen LogP contribution in [0.1, 0.15) is 15.2 Å². The van der Waals surface area contributed by atoms with Gasteiger partial charge in [-0.05, 0) is 30.3 Å². The first kappa shape index (κ1) is 18.4. The highest BCUT2D eigenvalue weighted by Gasteiger charge is 2.30. The minimum absolute atomic E-state index is 0.0472. The van der Waals surface area contributed by atoms with E-state index >= 15 is 0 Å². The third-order valence-corrected chi connectivity index (χ3v) is 3.82. The first-order chi connectivity index (χ1) is 11.7. The zero-order valence-corrected chi connectivity index (χ0v) is 13.0. The zero-order chi connectivity index (χ0) is 18.6. The van der Waals surface area contributed by atoms with Crippen molar-refractivity contribution in [2.45, 2.75) is 6.18 Å². The standard InChI is InChI=1S/C14H9F3N2O5S/c15-14(16,17)8-1-3-9(4-2-8)18-11(20)7-24-13(21)10-5-6-12(25-10)19(22)23/h1-6H,7H2,(H,18,20). The molecule has 0 fully saturated rings. The first-order valence-corrected chi connectivity index (χ1v) is 7.37. The van der Waals surface area contributed by atoms with Crippen molar-refractivity contribution in [3.8, 4) is 0 Å². The number of ether oxygens (including phenoxy) is 1. The van der Waals surface area contributed by atoms with Crippen LogP contribution in [0.5, 0.6) is 0 Å². The van der Waals surface area contributed by atoms with Crippen LogP contribution in [0.3, 0.4) is 0 Å². The molecule has 0 saturated heterocycles. The third-order valence-electron chi connectivity index (χ3n) is 2.80. The molecule has 7 nitrogen and oxygen atoms in total. The number of amides is 1. The Kier molecular flexibility index (Phi) is 5.37. The summed E-state index contributed by atoms with van der Waals surface area (Å²) in [5.74, 6) is -1.68. The number of hydrogen-bond donors (Lipinski definition) is 1. The zero-order valence-electron chi connectivity index (χ0n) is 12.2. The van der Waals surface area contributed by atoms with Crippen LogP contribution in [0, 0.1) is 10.1 Å². The Morgan fingerprint density at radius 3 is 2.32 bits per heavy atom. The van der Waals surface area contributed by atoms with Gasteiger partial charge in [-0.3, -0.25) is 14.9 Å². The lowest BCUT2D eigenvalue weighted by atomic mass is 10.2. The first-order valence-electron chi connectivity index (χ1n) is 6.55. The highest BCUT2D eigenvalue weighted by atomic mass is 32.1. The van der Waals surface area contributed by atoms with E-state index in [1.165, 1.54) is 6.07 Å². The summed E-state index contributed by atoms with van der Waals surface area (Å²) >= 11 is 0.597. The van der Waals surface area contributed by atoms with E-state index in [1.54, 1.807) is 0 Å². The van der Waals surface area contributed by atoms with Gasteiger partial charge in [0.2, 0.25) is 0 Å². The summed E-state index contributed by atoms with van der Waals surface area (Å²) in [6.07, 6.45) is -4.48. The molecule has 1 aromatic carbocycles. The molecule has 1 aromatic heterocycles. The fourth-order valence-electron chi connectivity index (χ4n) is 1.68. The number of thiophene rings is 1. The number of benzene rings is 1. The number of halogens is 3. The molecule has 0 aliphatic heterocycles. The minimum Gasteiger partial charge on any atom is -0.451 e. The summed E-state index contributed by atoms with van der Waals surface area (Å²) in [6.45, 7) is -0.689. The predicted molar refractivity (Wildman–Crippen MR) is 81.3 cm³/mol. The molecular formula is C14H9F3N2O5S. The summed E-state index contributed by atoms with van der Waals surface area (Å²) in [7, 11) is 0. The molecule has 2 rings (SSSR count). The van der Waals surface area contributed by atoms with Crippen molar-refractivity contribution in [1.82, 2.24) is 0 Å². The summed E-state index contributed by atoms with van der Waals surface area (Å²) < 4.78 is 41.9. The van der Waals surface area contributed by atoms with Crippen molar-refractivity contribution in [2.24, 2.45) is 0 Å². The second-order valence-corrected chi connectivity index (χ2v) is 5.66. The molecule has 0 radical (unpaired) electrons. The maximum Gasteiger partial charge on any atom is 0.416 e. The molecule has 11 heteroatoms. The Morgan fingerprint density at radius 2 is 1.80 bits per heavy atom. The molecule has 1 N–H and O–H groups in total. The van der Waals surface area contributed by atoms with Crippen LogP contribution in [0.2, 0.25) is 0 Å². The number of carbonyl (C=O) groups is 2. The van der Waals surface area contributed by atoms with Gasteiger partial charge in [0.25, 0.3) is 5.91 Å². The summed E-state index contributed by atoms with van der Waals surface area (Å²) in [5, 5.41) is 12.5. The lowest BCUT2D eigenvalue weighted by molar-refractivity contribution is -0.380. The second-order valence-electron chi connectivity index (χ2n) is 4.59. The Bertz CT molecular complexity index is 802. The number of nitrogens with zero attached hydrogens (tertiary/aromatic N) is 1. The molecule has 0 saturated carbocycles. The summed E-state index contributed by atoms with van der Waals surface area (Å²) in [5.41, 5.74) is -0.767. The van der Waals surface area contributed by atoms with Crippen LogP contribution in [-0.4, -0.2) is 23.4 Å². The molecule has 0 aliphatic rings. The fraction of sp³-hybridized carbons (Fsp3) is 0.143. The molecule has 0 unspecified atom stereocenters. The minimum atomic E-state index is -4.48. The molecule has 1 heterocycles. The van der Waals surface area contributed by atoms with Gasteiger partial charge in [-0.15, -0.1) is 0 Å². The number of anilines is 1. The molecule has 0 spiro atoms. The number of esters is 1. The molecular weight excluding hydrogens is 365 g/mol. The van der Waals surface area contributed by atoms with E-state index in [1.807, 2.05) is 0 Å². The van der Waals surface area contributed by atoms with E-state index < -0.39 is 35.1 Å². The highest BCUT2D eigenvalue weighted by molar-refractivity contribution is 7.17. The Labute approximate surface area is 142 Å². The quantitative estimate of drug-likeness (QED) is 0.491. The monoisotopic (exact) mass is 374 g/mol. The number of nitrogens with one attached hydrogen (secondary N) is 1. The van der Waals surface area contributed by atoms with Gasteiger partial charge < -0.3 is 10.1 Å². The Balaban J connectivity index is 1.87. The van der Waals surface area contributed by atoms with Crippen molar-refractivity contribution in [2.75, 3.05) is 11.9 Å². The van der Waals surface area contributed by atoms with Gasteiger partial charge in [-0.2, -0.15) is 13.2 Å². The molecule has 25 heavy (non-hydrogen) atoms. The van der Waals surface area contributed by atoms with Gasteiger partial charge in [0.05, 0.1) is 10.5 Å². The van der Waals surface area contributed by atoms with Crippen molar-refractivity contribution in [3.63, 3.8) is 0 Å². The van der Waals surface area contributed by atoms with E-state index in [0.29, 0.717) is 11.3 Å². The summed E-state index contributed by atoms with van der Waals surface area (Å²) in [6, 6.07) is 6.04. The third kappa shape index (κ3) is 5.01. The van der Waals surface area contributed by atoms with Crippen LogP contribution in [0.4, 0.5) is 23.9 Å². The normalized spacial score (nSPS) is 11.0. The van der Waals surface area contributed by atoms with E-state index in [4.69, 9.17) is 0 Å². The molecule has 2 aromatic rings. The predicted octanol–water partition coefficient (Wildman–Crippen LogP) is 3.47. The van der Waals surface area contributed by atoms with Crippen LogP contribution >= 0.6 is 11.3 Å². The largest absolute Gasteiger partial charge is 0.451 e. The lowest BCUT2D eigenvalue weighted by Crippen LogP contribution is -2.20.